The highest BCUT2D eigenvalue weighted by Gasteiger charge is 2.26. The predicted octanol–water partition coefficient (Wildman–Crippen LogP) is 3.22. The van der Waals surface area contributed by atoms with Crippen molar-refractivity contribution in [3.63, 3.8) is 0 Å². The van der Waals surface area contributed by atoms with Gasteiger partial charge >= 0.3 is 0 Å². The summed E-state index contributed by atoms with van der Waals surface area (Å²) in [5, 5.41) is 3.09. The highest BCUT2D eigenvalue weighted by Crippen LogP contribution is 2.40. The first-order valence-corrected chi connectivity index (χ1v) is 6.75. The number of hydrogen-bond acceptors (Lipinski definition) is 4. The van der Waals surface area contributed by atoms with Gasteiger partial charge in [0.05, 0.1) is 0 Å². The van der Waals surface area contributed by atoms with Crippen LogP contribution in [0.25, 0.3) is 11.5 Å². The number of rotatable bonds is 3. The third-order valence-corrected chi connectivity index (χ3v) is 3.61. The van der Waals surface area contributed by atoms with Crippen LogP contribution in [0.1, 0.15) is 24.5 Å². The summed E-state index contributed by atoms with van der Waals surface area (Å²) in [5.74, 6) is 2.12. The van der Waals surface area contributed by atoms with Gasteiger partial charge in [-0.15, -0.1) is 0 Å². The van der Waals surface area contributed by atoms with Gasteiger partial charge in [0.15, 0.2) is 5.82 Å². The minimum Gasteiger partial charge on any atom is -0.373 e. The Balaban J connectivity index is 2.10. The number of pyridine rings is 1. The van der Waals surface area contributed by atoms with Crippen LogP contribution in [0.5, 0.6) is 0 Å². The minimum absolute atomic E-state index is 0.598. The van der Waals surface area contributed by atoms with E-state index in [1.807, 2.05) is 25.2 Å². The summed E-state index contributed by atoms with van der Waals surface area (Å²) >= 11 is 3.49. The van der Waals surface area contributed by atoms with Crippen LogP contribution in [0.3, 0.4) is 0 Å². The van der Waals surface area contributed by atoms with Crippen molar-refractivity contribution in [2.75, 3.05) is 12.4 Å². The highest BCUT2D eigenvalue weighted by molar-refractivity contribution is 9.10. The van der Waals surface area contributed by atoms with Crippen LogP contribution in [-0.2, 0) is 0 Å². The van der Waals surface area contributed by atoms with E-state index in [9.17, 15) is 0 Å². The third kappa shape index (κ3) is 2.22. The van der Waals surface area contributed by atoms with E-state index < -0.39 is 0 Å². The number of nitrogens with zero attached hydrogens (tertiary/aromatic N) is 3. The van der Waals surface area contributed by atoms with Crippen molar-refractivity contribution in [1.82, 2.24) is 15.0 Å². The average molecular weight is 305 g/mol. The molecule has 0 bridgehead atoms. The zero-order valence-electron chi connectivity index (χ0n) is 10.0. The second kappa shape index (κ2) is 4.65. The summed E-state index contributed by atoms with van der Waals surface area (Å²) < 4.78 is 0.917. The van der Waals surface area contributed by atoms with Crippen molar-refractivity contribution in [2.45, 2.75) is 18.8 Å². The molecule has 2 heterocycles. The number of nitrogens with one attached hydrogen (secondary N) is 1. The molecule has 1 N–H and O–H groups in total. The van der Waals surface area contributed by atoms with Crippen molar-refractivity contribution >= 4 is 21.7 Å². The summed E-state index contributed by atoms with van der Waals surface area (Å²) in [6.45, 7) is 0. The van der Waals surface area contributed by atoms with Crippen LogP contribution in [0, 0.1) is 0 Å². The van der Waals surface area contributed by atoms with Gasteiger partial charge in [0, 0.05) is 35.4 Å². The molecule has 0 aliphatic heterocycles. The molecule has 0 saturated heterocycles. The third-order valence-electron chi connectivity index (χ3n) is 2.97. The van der Waals surface area contributed by atoms with Gasteiger partial charge in [0.1, 0.15) is 11.5 Å². The number of halogens is 1. The van der Waals surface area contributed by atoms with E-state index >= 15 is 0 Å². The van der Waals surface area contributed by atoms with Gasteiger partial charge in [-0.3, -0.25) is 4.98 Å². The Morgan fingerprint density at radius 1 is 1.33 bits per heavy atom. The van der Waals surface area contributed by atoms with Crippen molar-refractivity contribution in [3.05, 3.63) is 34.6 Å². The van der Waals surface area contributed by atoms with Gasteiger partial charge in [0.2, 0.25) is 0 Å². The smallest absolute Gasteiger partial charge is 0.181 e. The van der Waals surface area contributed by atoms with Crippen LogP contribution in [-0.4, -0.2) is 22.0 Å². The minimum atomic E-state index is 0.598. The van der Waals surface area contributed by atoms with Crippen LogP contribution in [0.2, 0.25) is 0 Å². The maximum Gasteiger partial charge on any atom is 0.181 e. The van der Waals surface area contributed by atoms with E-state index in [4.69, 9.17) is 0 Å². The summed E-state index contributed by atoms with van der Waals surface area (Å²) in [6.07, 6.45) is 4.21. The fraction of sp³-hybridized carbons (Fsp3) is 0.308. The molecule has 1 aliphatic carbocycles. The van der Waals surface area contributed by atoms with Crippen molar-refractivity contribution in [2.24, 2.45) is 0 Å². The zero-order chi connectivity index (χ0) is 12.5. The Morgan fingerprint density at radius 2 is 2.17 bits per heavy atom. The molecule has 1 fully saturated rings. The van der Waals surface area contributed by atoms with Crippen LogP contribution in [0.15, 0.2) is 28.9 Å². The van der Waals surface area contributed by atoms with Crippen LogP contribution >= 0.6 is 15.9 Å². The van der Waals surface area contributed by atoms with Crippen molar-refractivity contribution in [1.29, 1.82) is 0 Å². The van der Waals surface area contributed by atoms with E-state index in [1.54, 1.807) is 6.20 Å². The molecular formula is C13H13BrN4. The number of aromatic nitrogens is 3. The van der Waals surface area contributed by atoms with E-state index in [1.165, 1.54) is 12.8 Å². The fourth-order valence-electron chi connectivity index (χ4n) is 1.84. The lowest BCUT2D eigenvalue weighted by Gasteiger charge is -2.07. The molecular weight excluding hydrogens is 292 g/mol. The monoisotopic (exact) mass is 304 g/mol. The Labute approximate surface area is 114 Å². The van der Waals surface area contributed by atoms with Gasteiger partial charge in [-0.25, -0.2) is 9.97 Å². The van der Waals surface area contributed by atoms with E-state index in [-0.39, 0.29) is 0 Å². The molecule has 1 saturated carbocycles. The largest absolute Gasteiger partial charge is 0.373 e. The molecule has 92 valence electrons. The van der Waals surface area contributed by atoms with Crippen molar-refractivity contribution in [3.8, 4) is 11.5 Å². The van der Waals surface area contributed by atoms with Gasteiger partial charge in [0.25, 0.3) is 0 Å². The molecule has 0 radical (unpaired) electrons. The maximum atomic E-state index is 4.63. The van der Waals surface area contributed by atoms with E-state index in [2.05, 4.69) is 36.2 Å². The summed E-state index contributed by atoms with van der Waals surface area (Å²) in [7, 11) is 1.87. The highest BCUT2D eigenvalue weighted by atomic mass is 79.9. The van der Waals surface area contributed by atoms with Crippen molar-refractivity contribution < 1.29 is 0 Å². The Hall–Kier alpha value is -1.49. The lowest BCUT2D eigenvalue weighted by atomic mass is 10.2. The molecule has 0 unspecified atom stereocenters. The lowest BCUT2D eigenvalue weighted by molar-refractivity contribution is 0.987. The Kier molecular flexibility index (Phi) is 2.99. The topological polar surface area (TPSA) is 50.7 Å². The molecule has 2 aromatic rings. The molecule has 0 amide bonds. The standard InChI is InChI=1S/C13H13BrN4/c1-15-11-7-10(8-4-5-8)17-13(18-11)12-9(14)3-2-6-16-12/h2-3,6-8H,4-5H2,1H3,(H,15,17,18). The predicted molar refractivity (Wildman–Crippen MR) is 74.5 cm³/mol. The molecule has 18 heavy (non-hydrogen) atoms. The quantitative estimate of drug-likeness (QED) is 0.946. The van der Waals surface area contributed by atoms with E-state index in [0.717, 1.165) is 21.7 Å². The van der Waals surface area contributed by atoms with Gasteiger partial charge in [-0.2, -0.15) is 0 Å². The maximum absolute atomic E-state index is 4.63. The van der Waals surface area contributed by atoms with Crippen LogP contribution < -0.4 is 5.32 Å². The molecule has 2 aromatic heterocycles. The second-order valence-electron chi connectivity index (χ2n) is 4.36. The Morgan fingerprint density at radius 3 is 2.83 bits per heavy atom. The molecule has 5 heteroatoms. The first kappa shape index (κ1) is 11.6. The molecule has 4 nitrogen and oxygen atoms in total. The molecule has 0 spiro atoms. The van der Waals surface area contributed by atoms with Gasteiger partial charge in [-0.1, -0.05) is 0 Å². The second-order valence-corrected chi connectivity index (χ2v) is 5.21. The first-order chi connectivity index (χ1) is 8.78. The normalized spacial score (nSPS) is 14.6. The van der Waals surface area contributed by atoms with Crippen LogP contribution in [0.4, 0.5) is 5.82 Å². The molecule has 0 aromatic carbocycles. The SMILES string of the molecule is CNc1cc(C2CC2)nc(-c2ncccc2Br)n1. The summed E-state index contributed by atoms with van der Waals surface area (Å²) in [5.41, 5.74) is 1.90. The molecule has 0 atom stereocenters. The molecule has 3 rings (SSSR count). The fourth-order valence-corrected chi connectivity index (χ4v) is 2.27. The number of hydrogen-bond donors (Lipinski definition) is 1. The lowest BCUT2D eigenvalue weighted by Crippen LogP contribution is -2.01. The zero-order valence-corrected chi connectivity index (χ0v) is 11.6. The Bertz CT molecular complexity index is 581. The summed E-state index contributed by atoms with van der Waals surface area (Å²) in [6, 6.07) is 5.86. The average Bonchev–Trinajstić information content (AvgIpc) is 3.23. The first-order valence-electron chi connectivity index (χ1n) is 5.95. The molecule has 1 aliphatic rings. The number of anilines is 1. The van der Waals surface area contributed by atoms with E-state index in [0.29, 0.717) is 11.7 Å². The van der Waals surface area contributed by atoms with Gasteiger partial charge in [-0.05, 0) is 40.9 Å². The summed E-state index contributed by atoms with van der Waals surface area (Å²) in [4.78, 5) is 13.5. The van der Waals surface area contributed by atoms with Gasteiger partial charge < -0.3 is 5.32 Å².